The minimum atomic E-state index is -4.62. The average Bonchev–Trinajstić information content (AvgIpc) is 3.50. The lowest BCUT2D eigenvalue weighted by atomic mass is 9.90. The number of anilines is 2. The van der Waals surface area contributed by atoms with Crippen LogP contribution < -0.4 is 10.6 Å². The molecule has 16 heteroatoms. The summed E-state index contributed by atoms with van der Waals surface area (Å²) >= 11 is 1.30. The zero-order valence-electron chi connectivity index (χ0n) is 21.6. The van der Waals surface area contributed by atoms with Crippen LogP contribution in [-0.2, 0) is 37.3 Å². The molecule has 6 rings (SSSR count). The van der Waals surface area contributed by atoms with Crippen LogP contribution in [-0.4, -0.2) is 54.9 Å². The fourth-order valence-electron chi connectivity index (χ4n) is 5.27. The summed E-state index contributed by atoms with van der Waals surface area (Å²) < 4.78 is 82.4. The van der Waals surface area contributed by atoms with E-state index in [-0.39, 0.29) is 55.0 Å². The number of aromatic nitrogens is 5. The van der Waals surface area contributed by atoms with Gasteiger partial charge in [0.15, 0.2) is 5.69 Å². The van der Waals surface area contributed by atoms with Crippen molar-refractivity contribution in [1.82, 2.24) is 29.9 Å². The summed E-state index contributed by atoms with van der Waals surface area (Å²) in [5, 5.41) is 16.8. The second-order valence-corrected chi connectivity index (χ2v) is 12.0. The number of hydrogen-bond acceptors (Lipinski definition) is 7. The Bertz CT molecular complexity index is 1510. The second kappa shape index (κ2) is 9.84. The number of hydrogen-bond donors (Lipinski definition) is 2. The quantitative estimate of drug-likeness (QED) is 0.352. The van der Waals surface area contributed by atoms with Gasteiger partial charge in [-0.1, -0.05) is 0 Å². The number of ketones is 1. The van der Waals surface area contributed by atoms with E-state index in [1.807, 2.05) is 0 Å². The maximum atomic E-state index is 13.5. The molecule has 3 aliphatic carbocycles. The molecule has 0 aliphatic heterocycles. The second-order valence-electron chi connectivity index (χ2n) is 10.8. The van der Waals surface area contributed by atoms with E-state index in [0.29, 0.717) is 29.7 Å². The van der Waals surface area contributed by atoms with E-state index in [2.05, 4.69) is 25.9 Å². The van der Waals surface area contributed by atoms with Gasteiger partial charge in [-0.15, -0.1) is 21.5 Å². The van der Waals surface area contributed by atoms with Crippen LogP contribution in [0.25, 0.3) is 0 Å². The van der Waals surface area contributed by atoms with Crippen molar-refractivity contribution in [2.45, 2.75) is 62.8 Å². The van der Waals surface area contributed by atoms with Crippen molar-refractivity contribution in [1.29, 1.82) is 0 Å². The maximum Gasteiger partial charge on any atom is 0.435 e. The van der Waals surface area contributed by atoms with Gasteiger partial charge in [0.05, 0.1) is 11.5 Å². The molecule has 0 saturated heterocycles. The number of carbonyl (C=O) groups is 2. The van der Waals surface area contributed by atoms with Gasteiger partial charge in [-0.2, -0.15) is 18.3 Å². The zero-order valence-corrected chi connectivity index (χ0v) is 22.5. The van der Waals surface area contributed by atoms with E-state index in [4.69, 9.17) is 0 Å². The highest BCUT2D eigenvalue weighted by Gasteiger charge is 2.56. The Labute approximate surface area is 233 Å². The summed E-state index contributed by atoms with van der Waals surface area (Å²) in [4.78, 5) is 27.3. The molecule has 0 radical (unpaired) electrons. The van der Waals surface area contributed by atoms with Gasteiger partial charge in [-0.25, -0.2) is 13.2 Å². The molecule has 4 atom stereocenters. The minimum Gasteiger partial charge on any atom is -0.351 e. The lowest BCUT2D eigenvalue weighted by Gasteiger charge is -2.25. The number of nitrogens with one attached hydrogen (secondary N) is 2. The first-order chi connectivity index (χ1) is 19.3. The van der Waals surface area contributed by atoms with Crippen LogP contribution in [0, 0.1) is 11.8 Å². The molecule has 2 N–H and O–H groups in total. The van der Waals surface area contributed by atoms with Crippen LogP contribution >= 0.6 is 11.3 Å². The molecule has 3 aliphatic rings. The largest absolute Gasteiger partial charge is 0.435 e. The third kappa shape index (κ3) is 5.45. The normalized spacial score (nSPS) is 24.6. The summed E-state index contributed by atoms with van der Waals surface area (Å²) in [6, 6.07) is 0.555. The van der Waals surface area contributed by atoms with E-state index in [9.17, 15) is 35.9 Å². The topological polar surface area (TPSA) is 107 Å². The summed E-state index contributed by atoms with van der Waals surface area (Å²) in [5.41, 5.74) is -0.144. The molecular weight excluding hydrogens is 576 g/mol. The van der Waals surface area contributed by atoms with Crippen molar-refractivity contribution in [3.05, 3.63) is 39.0 Å². The number of Topliss-reactive ketones (excluding diaryl/α,β-unsaturated/α-hetero) is 1. The number of carbonyl (C=O) groups excluding carboxylic acids is 2. The number of halogens is 6. The average molecular weight is 602 g/mol. The molecule has 9 nitrogen and oxygen atoms in total. The first-order valence-electron chi connectivity index (χ1n) is 13.1. The third-order valence-electron chi connectivity index (χ3n) is 7.84. The predicted octanol–water partition coefficient (Wildman–Crippen LogP) is 4.42. The van der Waals surface area contributed by atoms with Crippen LogP contribution in [0.3, 0.4) is 0 Å². The van der Waals surface area contributed by atoms with Crippen LogP contribution in [0.1, 0.15) is 56.7 Å². The monoisotopic (exact) mass is 601 g/mol. The molecule has 0 aromatic carbocycles. The maximum absolute atomic E-state index is 13.5. The Morgan fingerprint density at radius 2 is 2.00 bits per heavy atom. The number of alkyl halides is 6. The molecule has 0 spiro atoms. The van der Waals surface area contributed by atoms with Gasteiger partial charge < -0.3 is 10.6 Å². The van der Waals surface area contributed by atoms with E-state index in [1.54, 1.807) is 4.57 Å². The molecule has 0 unspecified atom stereocenters. The fourth-order valence-corrected chi connectivity index (χ4v) is 6.62. The van der Waals surface area contributed by atoms with Crippen LogP contribution in [0.4, 0.5) is 38.1 Å². The molecule has 41 heavy (non-hydrogen) atoms. The van der Waals surface area contributed by atoms with E-state index < -0.39 is 41.7 Å². The Balaban J connectivity index is 1.25. The van der Waals surface area contributed by atoms with Crippen LogP contribution in [0.5, 0.6) is 0 Å². The molecule has 3 heterocycles. The fraction of sp³-hybridized carbons (Fsp3) is 0.560. The lowest BCUT2D eigenvalue weighted by Crippen LogP contribution is -2.29. The highest BCUT2D eigenvalue weighted by Crippen LogP contribution is 2.48. The molecule has 2 fully saturated rings. The highest BCUT2D eigenvalue weighted by atomic mass is 32.1. The van der Waals surface area contributed by atoms with Gasteiger partial charge in [0.25, 0.3) is 11.8 Å². The number of nitrogens with zero attached hydrogens (tertiary/aromatic N) is 5. The zero-order chi connectivity index (χ0) is 29.3. The van der Waals surface area contributed by atoms with Gasteiger partial charge in [0, 0.05) is 54.2 Å². The molecule has 0 bridgehead atoms. The molecule has 3 aromatic heterocycles. The van der Waals surface area contributed by atoms with Gasteiger partial charge >= 0.3 is 6.18 Å². The van der Waals surface area contributed by atoms with E-state index in [1.165, 1.54) is 24.7 Å². The van der Waals surface area contributed by atoms with Gasteiger partial charge in [-0.05, 0) is 31.2 Å². The first kappa shape index (κ1) is 27.7. The highest BCUT2D eigenvalue weighted by molar-refractivity contribution is 7.12. The van der Waals surface area contributed by atoms with Crippen LogP contribution in [0.2, 0.25) is 0 Å². The number of thiophene rings is 1. The van der Waals surface area contributed by atoms with Gasteiger partial charge in [0.1, 0.15) is 24.1 Å². The Hall–Kier alpha value is -3.43. The molecule has 1 amide bonds. The van der Waals surface area contributed by atoms with Crippen molar-refractivity contribution >= 4 is 34.8 Å². The number of rotatable bonds is 9. The summed E-state index contributed by atoms with van der Waals surface area (Å²) in [6.07, 6.45) is -3.21. The van der Waals surface area contributed by atoms with Crippen molar-refractivity contribution in [3.63, 3.8) is 0 Å². The van der Waals surface area contributed by atoms with Crippen molar-refractivity contribution in [2.75, 3.05) is 11.9 Å². The summed E-state index contributed by atoms with van der Waals surface area (Å²) in [7, 11) is 1.36. The van der Waals surface area contributed by atoms with E-state index in [0.717, 1.165) is 15.6 Å². The Kier molecular flexibility index (Phi) is 6.65. The van der Waals surface area contributed by atoms with Crippen molar-refractivity contribution in [3.8, 4) is 0 Å². The number of fused-ring (bicyclic) bond motifs is 1. The van der Waals surface area contributed by atoms with Crippen molar-refractivity contribution in [2.24, 2.45) is 18.9 Å². The summed E-state index contributed by atoms with van der Waals surface area (Å²) in [5.74, 6) is -5.06. The molecule has 2 saturated carbocycles. The Morgan fingerprint density at radius 1 is 1.27 bits per heavy atom. The van der Waals surface area contributed by atoms with Crippen LogP contribution in [0.15, 0.2) is 12.4 Å². The van der Waals surface area contributed by atoms with E-state index >= 15 is 0 Å². The number of aryl methyl sites for hydroxylation is 2. The van der Waals surface area contributed by atoms with Gasteiger partial charge in [0.2, 0.25) is 5.95 Å². The third-order valence-corrected chi connectivity index (χ3v) is 9.13. The lowest BCUT2D eigenvalue weighted by molar-refractivity contribution is -0.141. The smallest absolute Gasteiger partial charge is 0.351 e. The predicted molar refractivity (Wildman–Crippen MR) is 134 cm³/mol. The molecular formula is C25H25F6N7O2S. The van der Waals surface area contributed by atoms with Gasteiger partial charge in [-0.3, -0.25) is 18.8 Å². The first-order valence-corrected chi connectivity index (χ1v) is 13.9. The minimum absolute atomic E-state index is 0.0441. The SMILES string of the molecule is Cn1nc(C(F)(F)F)cc1Nc1nncn1[C@H]1CCc2sc(CC(=O)[C@H]3C[C@H]3F)c(C(=O)NC[C@H]3CC3(F)F)c2C1. The molecule has 220 valence electrons. The number of amides is 1. The molecule has 3 aromatic rings. The standard InChI is InChI=1S/C25H25F6N7O2S/c1-37-20(7-19(36-37)25(29,30)31)34-23-35-33-10-38(23)12-2-3-17-14(4-12)21(22(40)32-9-11-8-24(11,27)28)18(41-17)6-16(39)13-5-15(13)26/h7,10-13,15H,2-6,8-9H2,1H3,(H,32,40)(H,34,35)/t11-,12+,13+,15-/m1/s1. The van der Waals surface area contributed by atoms with Crippen molar-refractivity contribution < 1.29 is 35.9 Å². The Morgan fingerprint density at radius 3 is 2.63 bits per heavy atom. The summed E-state index contributed by atoms with van der Waals surface area (Å²) in [6.45, 7) is -0.202.